The van der Waals surface area contributed by atoms with Crippen LogP contribution in [-0.2, 0) is 0 Å². The van der Waals surface area contributed by atoms with Crippen LogP contribution in [-0.4, -0.2) is 16.2 Å². The van der Waals surface area contributed by atoms with E-state index in [0.717, 1.165) is 0 Å². The van der Waals surface area contributed by atoms with E-state index < -0.39 is 5.56 Å². The summed E-state index contributed by atoms with van der Waals surface area (Å²) in [5, 5.41) is 2.82. The topological polar surface area (TPSA) is 82.1 Å². The van der Waals surface area contributed by atoms with E-state index in [0.29, 0.717) is 5.82 Å². The van der Waals surface area contributed by atoms with Crippen LogP contribution in [0.25, 0.3) is 0 Å². The number of hydrogen-bond donors (Lipinski definition) is 2. The molecule has 0 aliphatic rings. The van der Waals surface area contributed by atoms with Crippen LogP contribution in [0.3, 0.4) is 0 Å². The van der Waals surface area contributed by atoms with Crippen molar-refractivity contribution in [3.8, 4) is 0 Å². The van der Waals surface area contributed by atoms with Gasteiger partial charge in [-0.2, -0.15) is 0 Å². The normalized spacial score (nSPS) is 11.2. The van der Waals surface area contributed by atoms with Crippen molar-refractivity contribution in [2.45, 2.75) is 39.8 Å². The molecule has 0 aromatic carbocycles. The number of nitrogen functional groups attached to an aromatic ring is 1. The minimum atomic E-state index is -0.439. The Morgan fingerprint density at radius 2 is 1.53 bits per heavy atom. The Hall–Kier alpha value is -1.72. The maximum atomic E-state index is 12.2. The highest BCUT2D eigenvalue weighted by atomic mass is 16.2. The van der Waals surface area contributed by atoms with Gasteiger partial charge in [-0.15, -0.1) is 0 Å². The largest absolute Gasteiger partial charge is 0.391 e. The van der Waals surface area contributed by atoms with Gasteiger partial charge in [-0.05, 0) is 27.7 Å². The summed E-state index contributed by atoms with van der Waals surface area (Å²) in [6.45, 7) is 7.31. The molecule has 1 aromatic rings. The van der Waals surface area contributed by atoms with Crippen LogP contribution in [0, 0.1) is 0 Å². The Bertz CT molecular complexity index is 525. The molecule has 0 unspecified atom stereocenters. The number of anilines is 2. The van der Waals surface area contributed by atoms with Crippen molar-refractivity contribution in [2.75, 3.05) is 18.1 Å². The molecule has 0 spiro atoms. The number of nitrogens with two attached hydrogens (primary N) is 1. The van der Waals surface area contributed by atoms with E-state index in [-0.39, 0.29) is 23.5 Å². The molecular formula is C11H20N4O2. The van der Waals surface area contributed by atoms with E-state index >= 15 is 0 Å². The summed E-state index contributed by atoms with van der Waals surface area (Å²) in [7, 11) is 1.64. The predicted molar refractivity (Wildman–Crippen MR) is 69.7 cm³/mol. The molecular weight excluding hydrogens is 220 g/mol. The molecule has 0 amide bonds. The van der Waals surface area contributed by atoms with Crippen molar-refractivity contribution >= 4 is 11.5 Å². The Morgan fingerprint density at radius 3 is 1.88 bits per heavy atom. The zero-order chi connectivity index (χ0) is 13.3. The lowest BCUT2D eigenvalue weighted by molar-refractivity contribution is 0.480. The summed E-state index contributed by atoms with van der Waals surface area (Å²) in [5.41, 5.74) is 5.09. The second-order valence-corrected chi connectivity index (χ2v) is 4.53. The smallest absolute Gasteiger partial charge is 0.333 e. The molecule has 17 heavy (non-hydrogen) atoms. The first-order chi connectivity index (χ1) is 7.82. The van der Waals surface area contributed by atoms with E-state index in [1.54, 1.807) is 20.9 Å². The standard InChI is InChI=1S/C11H20N4O2/c1-6(2)14-9(13-5)8(12)10(16)15(7(3)4)11(14)17/h6-7,13H,12H2,1-5H3. The Balaban J connectivity index is 3.83. The van der Waals surface area contributed by atoms with Gasteiger partial charge in [0.05, 0.1) is 0 Å². The van der Waals surface area contributed by atoms with Gasteiger partial charge in [-0.25, -0.2) is 4.79 Å². The molecule has 6 heteroatoms. The predicted octanol–water partition coefficient (Wildman–Crippen LogP) is 0.796. The second kappa shape index (κ2) is 4.65. The van der Waals surface area contributed by atoms with E-state index in [4.69, 9.17) is 5.73 Å². The maximum Gasteiger partial charge on any atom is 0.333 e. The monoisotopic (exact) mass is 240 g/mol. The lowest BCUT2D eigenvalue weighted by Gasteiger charge is -2.21. The maximum absolute atomic E-state index is 12.2. The summed E-state index contributed by atoms with van der Waals surface area (Å²) >= 11 is 0. The van der Waals surface area contributed by atoms with E-state index in [1.165, 1.54) is 9.13 Å². The SMILES string of the molecule is CNc1c(N)c(=O)n(C(C)C)c(=O)n1C(C)C. The third-order valence-corrected chi connectivity index (χ3v) is 2.63. The zero-order valence-corrected chi connectivity index (χ0v) is 10.9. The lowest BCUT2D eigenvalue weighted by Crippen LogP contribution is -2.43. The molecule has 3 N–H and O–H groups in total. The molecule has 0 atom stereocenters. The Morgan fingerprint density at radius 1 is 1.06 bits per heavy atom. The lowest BCUT2D eigenvalue weighted by atomic mass is 10.3. The summed E-state index contributed by atoms with van der Waals surface area (Å²) < 4.78 is 2.67. The fourth-order valence-corrected chi connectivity index (χ4v) is 1.85. The van der Waals surface area contributed by atoms with Crippen molar-refractivity contribution in [2.24, 2.45) is 0 Å². The molecule has 96 valence electrons. The summed E-state index contributed by atoms with van der Waals surface area (Å²) in [4.78, 5) is 24.2. The van der Waals surface area contributed by atoms with Crippen molar-refractivity contribution in [3.05, 3.63) is 20.8 Å². The molecule has 0 saturated carbocycles. The van der Waals surface area contributed by atoms with Crippen molar-refractivity contribution < 1.29 is 0 Å². The highest BCUT2D eigenvalue weighted by Crippen LogP contribution is 2.16. The zero-order valence-electron chi connectivity index (χ0n) is 10.9. The van der Waals surface area contributed by atoms with Crippen molar-refractivity contribution in [1.29, 1.82) is 0 Å². The van der Waals surface area contributed by atoms with Crippen LogP contribution >= 0.6 is 0 Å². The first-order valence-electron chi connectivity index (χ1n) is 5.67. The molecule has 6 nitrogen and oxygen atoms in total. The first kappa shape index (κ1) is 13.3. The van der Waals surface area contributed by atoms with Crippen LogP contribution in [0.15, 0.2) is 9.59 Å². The molecule has 0 fully saturated rings. The van der Waals surface area contributed by atoms with Crippen LogP contribution < -0.4 is 22.3 Å². The molecule has 1 heterocycles. The van der Waals surface area contributed by atoms with E-state index in [2.05, 4.69) is 5.32 Å². The molecule has 0 radical (unpaired) electrons. The second-order valence-electron chi connectivity index (χ2n) is 4.53. The van der Waals surface area contributed by atoms with Crippen molar-refractivity contribution in [1.82, 2.24) is 9.13 Å². The van der Waals surface area contributed by atoms with Gasteiger partial charge >= 0.3 is 5.69 Å². The van der Waals surface area contributed by atoms with Gasteiger partial charge in [0.2, 0.25) is 0 Å². The highest BCUT2D eigenvalue weighted by Gasteiger charge is 2.19. The number of nitrogens with one attached hydrogen (secondary N) is 1. The average Bonchev–Trinajstić information content (AvgIpc) is 2.21. The van der Waals surface area contributed by atoms with Gasteiger partial charge < -0.3 is 11.1 Å². The third-order valence-electron chi connectivity index (χ3n) is 2.63. The highest BCUT2D eigenvalue weighted by molar-refractivity contribution is 5.60. The quantitative estimate of drug-likeness (QED) is 0.818. The summed E-state index contributed by atoms with van der Waals surface area (Å²) in [6.07, 6.45) is 0. The summed E-state index contributed by atoms with van der Waals surface area (Å²) in [5.74, 6) is 0.381. The molecule has 0 aliphatic heterocycles. The number of aromatic nitrogens is 2. The van der Waals surface area contributed by atoms with E-state index in [9.17, 15) is 9.59 Å². The van der Waals surface area contributed by atoms with Gasteiger partial charge in [0.15, 0.2) is 0 Å². The minimum absolute atomic E-state index is 0.0714. The number of rotatable bonds is 3. The molecule has 0 aliphatic carbocycles. The molecule has 1 rings (SSSR count). The average molecular weight is 240 g/mol. The van der Waals surface area contributed by atoms with Gasteiger partial charge in [0, 0.05) is 19.1 Å². The van der Waals surface area contributed by atoms with Crippen LogP contribution in [0.2, 0.25) is 0 Å². The van der Waals surface area contributed by atoms with Gasteiger partial charge in [-0.1, -0.05) is 0 Å². The number of hydrogen-bond acceptors (Lipinski definition) is 4. The van der Waals surface area contributed by atoms with Crippen LogP contribution in [0.5, 0.6) is 0 Å². The molecule has 0 bridgehead atoms. The fourth-order valence-electron chi connectivity index (χ4n) is 1.85. The molecule has 0 saturated heterocycles. The van der Waals surface area contributed by atoms with Gasteiger partial charge in [0.25, 0.3) is 5.56 Å². The van der Waals surface area contributed by atoms with Crippen molar-refractivity contribution in [3.63, 3.8) is 0 Å². The van der Waals surface area contributed by atoms with E-state index in [1.807, 2.05) is 13.8 Å². The summed E-state index contributed by atoms with van der Waals surface area (Å²) in [6, 6.07) is -0.286. The first-order valence-corrected chi connectivity index (χ1v) is 5.67. The van der Waals surface area contributed by atoms with Crippen LogP contribution in [0.1, 0.15) is 39.8 Å². The number of nitrogens with zero attached hydrogens (tertiary/aromatic N) is 2. The van der Waals surface area contributed by atoms with Gasteiger partial charge in [0.1, 0.15) is 11.5 Å². The van der Waals surface area contributed by atoms with Crippen LogP contribution in [0.4, 0.5) is 11.5 Å². The Kier molecular flexibility index (Phi) is 3.65. The molecule has 1 aromatic heterocycles. The minimum Gasteiger partial charge on any atom is -0.391 e. The third kappa shape index (κ3) is 2.07. The van der Waals surface area contributed by atoms with Gasteiger partial charge in [-0.3, -0.25) is 13.9 Å². The fraction of sp³-hybridized carbons (Fsp3) is 0.636. The Labute approximate surface area is 100 Å².